The Morgan fingerprint density at radius 3 is 2.00 bits per heavy atom. The van der Waals surface area contributed by atoms with Crippen LogP contribution in [0, 0.1) is 6.92 Å². The summed E-state index contributed by atoms with van der Waals surface area (Å²) in [4.78, 5) is 26.5. The Hall–Kier alpha value is -3.91. The summed E-state index contributed by atoms with van der Waals surface area (Å²) >= 11 is 0. The molecule has 0 aliphatic carbocycles. The number of benzene rings is 3. The summed E-state index contributed by atoms with van der Waals surface area (Å²) in [7, 11) is -3.51. The third-order valence-corrected chi connectivity index (χ3v) is 7.66. The van der Waals surface area contributed by atoms with Gasteiger partial charge in [0.25, 0.3) is 5.56 Å². The summed E-state index contributed by atoms with van der Waals surface area (Å²) in [6, 6.07) is 25.7. The molecule has 1 heterocycles. The van der Waals surface area contributed by atoms with E-state index in [0.717, 1.165) is 11.1 Å². The van der Waals surface area contributed by atoms with Gasteiger partial charge in [0, 0.05) is 12.6 Å². The number of ether oxygens (including phenoxy) is 2. The van der Waals surface area contributed by atoms with Gasteiger partial charge in [0.2, 0.25) is 5.88 Å². The van der Waals surface area contributed by atoms with Crippen molar-refractivity contribution in [2.45, 2.75) is 33.6 Å². The van der Waals surface area contributed by atoms with E-state index >= 15 is 0 Å². The van der Waals surface area contributed by atoms with Crippen LogP contribution in [-0.4, -0.2) is 22.3 Å². The van der Waals surface area contributed by atoms with Crippen LogP contribution in [0.2, 0.25) is 0 Å². The van der Waals surface area contributed by atoms with E-state index in [1.807, 2.05) is 60.7 Å². The van der Waals surface area contributed by atoms with E-state index in [1.165, 1.54) is 4.57 Å². The van der Waals surface area contributed by atoms with Gasteiger partial charge in [-0.05, 0) is 37.1 Å². The third kappa shape index (κ3) is 7.80. The van der Waals surface area contributed by atoms with E-state index in [9.17, 15) is 14.2 Å². The molecule has 3 aromatic carbocycles. The fourth-order valence-corrected chi connectivity index (χ4v) is 5.08. The molecule has 204 valence electrons. The van der Waals surface area contributed by atoms with E-state index in [2.05, 4.69) is 4.98 Å². The third-order valence-electron chi connectivity index (χ3n) is 5.88. The first kappa shape index (κ1) is 28.1. The SMILES string of the molecule is CCn1c(Oc2cccc(OCCP(=O)(OCc3ccccc3)OCc3ccccc3)c2)c(C)c(=O)[nH]c1=O. The molecule has 1 aromatic heterocycles. The molecule has 0 amide bonds. The zero-order valence-electron chi connectivity index (χ0n) is 21.9. The minimum atomic E-state index is -3.51. The number of aromatic amines is 1. The molecule has 4 aromatic rings. The van der Waals surface area contributed by atoms with Crippen molar-refractivity contribution in [1.82, 2.24) is 9.55 Å². The topological polar surface area (TPSA) is 109 Å². The van der Waals surface area contributed by atoms with Gasteiger partial charge in [0.15, 0.2) is 0 Å². The largest absolute Gasteiger partial charge is 0.493 e. The molecule has 0 spiro atoms. The average Bonchev–Trinajstić information content (AvgIpc) is 2.95. The summed E-state index contributed by atoms with van der Waals surface area (Å²) in [5.41, 5.74) is 1.00. The van der Waals surface area contributed by atoms with Crippen LogP contribution in [0.15, 0.2) is 94.5 Å². The lowest BCUT2D eigenvalue weighted by Gasteiger charge is -2.19. The van der Waals surface area contributed by atoms with Gasteiger partial charge >= 0.3 is 13.3 Å². The highest BCUT2D eigenvalue weighted by Crippen LogP contribution is 2.49. The van der Waals surface area contributed by atoms with Crippen LogP contribution in [0.25, 0.3) is 0 Å². The highest BCUT2D eigenvalue weighted by Gasteiger charge is 2.25. The predicted octanol–water partition coefficient (Wildman–Crippen LogP) is 5.66. The maximum Gasteiger partial charge on any atom is 0.334 e. The molecule has 0 saturated heterocycles. The van der Waals surface area contributed by atoms with Crippen molar-refractivity contribution < 1.29 is 23.1 Å². The zero-order chi connectivity index (χ0) is 27.7. The number of hydrogen-bond acceptors (Lipinski definition) is 7. The molecule has 0 unspecified atom stereocenters. The highest BCUT2D eigenvalue weighted by atomic mass is 31.2. The van der Waals surface area contributed by atoms with Crippen molar-refractivity contribution >= 4 is 7.60 Å². The van der Waals surface area contributed by atoms with Crippen LogP contribution in [0.4, 0.5) is 0 Å². The molecule has 39 heavy (non-hydrogen) atoms. The zero-order valence-corrected chi connectivity index (χ0v) is 22.8. The minimum absolute atomic E-state index is 0.0281. The van der Waals surface area contributed by atoms with E-state index in [0.29, 0.717) is 18.0 Å². The Labute approximate surface area is 226 Å². The van der Waals surface area contributed by atoms with Crippen molar-refractivity contribution in [3.05, 3.63) is 122 Å². The number of rotatable bonds is 13. The van der Waals surface area contributed by atoms with Crippen LogP contribution in [0.1, 0.15) is 23.6 Å². The molecular weight excluding hydrogens is 519 g/mol. The lowest BCUT2D eigenvalue weighted by molar-refractivity contribution is 0.186. The summed E-state index contributed by atoms with van der Waals surface area (Å²) in [5.74, 6) is 1.00. The number of aromatic nitrogens is 2. The first-order valence-corrected chi connectivity index (χ1v) is 14.3. The maximum atomic E-state index is 13.6. The van der Waals surface area contributed by atoms with Gasteiger partial charge in [-0.1, -0.05) is 66.7 Å². The van der Waals surface area contributed by atoms with Crippen LogP contribution in [0.3, 0.4) is 0 Å². The summed E-state index contributed by atoms with van der Waals surface area (Å²) in [6.07, 6.45) is 0.0281. The minimum Gasteiger partial charge on any atom is -0.493 e. The van der Waals surface area contributed by atoms with Gasteiger partial charge in [-0.3, -0.25) is 18.9 Å². The smallest absolute Gasteiger partial charge is 0.334 e. The standard InChI is InChI=1S/C29H31N2O7P/c1-3-31-28(22(2)27(32)30-29(31)33)38-26-16-10-15-25(19-26)35-17-18-39(34,36-20-23-11-6-4-7-12-23)37-21-24-13-8-5-9-14-24/h4-16,19H,3,17-18,20-21H2,1-2H3,(H,30,32,33). The molecule has 9 nitrogen and oxygen atoms in total. The second-order valence-electron chi connectivity index (χ2n) is 8.71. The summed E-state index contributed by atoms with van der Waals surface area (Å²) in [6.45, 7) is 4.04. The number of H-pyrrole nitrogens is 1. The molecule has 1 N–H and O–H groups in total. The van der Waals surface area contributed by atoms with Gasteiger partial charge in [-0.25, -0.2) is 4.79 Å². The highest BCUT2D eigenvalue weighted by molar-refractivity contribution is 7.53. The maximum absolute atomic E-state index is 13.6. The molecule has 4 rings (SSSR count). The van der Waals surface area contributed by atoms with Crippen LogP contribution in [0.5, 0.6) is 17.4 Å². The molecule has 10 heteroatoms. The van der Waals surface area contributed by atoms with Gasteiger partial charge in [-0.2, -0.15) is 0 Å². The Morgan fingerprint density at radius 2 is 1.41 bits per heavy atom. The molecule has 0 fully saturated rings. The fourth-order valence-electron chi connectivity index (χ4n) is 3.74. The van der Waals surface area contributed by atoms with Gasteiger partial charge in [0.05, 0.1) is 31.5 Å². The van der Waals surface area contributed by atoms with E-state index in [4.69, 9.17) is 18.5 Å². The first-order valence-electron chi connectivity index (χ1n) is 12.6. The van der Waals surface area contributed by atoms with Crippen molar-refractivity contribution in [2.24, 2.45) is 0 Å². The number of hydrogen-bond donors (Lipinski definition) is 1. The molecule has 0 atom stereocenters. The number of nitrogens with zero attached hydrogens (tertiary/aromatic N) is 1. The average molecular weight is 551 g/mol. The fraction of sp³-hybridized carbons (Fsp3) is 0.241. The van der Waals surface area contributed by atoms with Gasteiger partial charge in [-0.15, -0.1) is 0 Å². The predicted molar refractivity (Wildman–Crippen MR) is 149 cm³/mol. The second kappa shape index (κ2) is 13.2. The van der Waals surface area contributed by atoms with Crippen molar-refractivity contribution in [3.63, 3.8) is 0 Å². The van der Waals surface area contributed by atoms with E-state index in [-0.39, 0.29) is 37.4 Å². The summed E-state index contributed by atoms with van der Waals surface area (Å²) < 4.78 is 38.3. The monoisotopic (exact) mass is 550 g/mol. The van der Waals surface area contributed by atoms with Crippen molar-refractivity contribution in [3.8, 4) is 17.4 Å². The second-order valence-corrected chi connectivity index (χ2v) is 10.9. The molecule has 0 aliphatic rings. The van der Waals surface area contributed by atoms with Crippen LogP contribution in [-0.2, 0) is 33.4 Å². The van der Waals surface area contributed by atoms with E-state index < -0.39 is 18.8 Å². The van der Waals surface area contributed by atoms with Gasteiger partial charge < -0.3 is 18.5 Å². The molecule has 0 bridgehead atoms. The van der Waals surface area contributed by atoms with Crippen LogP contribution < -0.4 is 20.7 Å². The lowest BCUT2D eigenvalue weighted by atomic mass is 10.2. The Bertz CT molecular complexity index is 1490. The molecular formula is C29H31N2O7P. The summed E-state index contributed by atoms with van der Waals surface area (Å²) in [5, 5.41) is 0. The number of nitrogens with one attached hydrogen (secondary N) is 1. The Kier molecular flexibility index (Phi) is 9.54. The Morgan fingerprint density at radius 1 is 0.821 bits per heavy atom. The van der Waals surface area contributed by atoms with Crippen molar-refractivity contribution in [2.75, 3.05) is 12.8 Å². The molecule has 0 saturated carbocycles. The molecule has 0 radical (unpaired) electrons. The molecule has 0 aliphatic heterocycles. The van der Waals surface area contributed by atoms with Gasteiger partial charge in [0.1, 0.15) is 11.5 Å². The van der Waals surface area contributed by atoms with Crippen molar-refractivity contribution in [1.29, 1.82) is 0 Å². The lowest BCUT2D eigenvalue weighted by Crippen LogP contribution is -2.31. The van der Waals surface area contributed by atoms with E-state index in [1.54, 1.807) is 38.1 Å². The Balaban J connectivity index is 1.43. The quantitative estimate of drug-likeness (QED) is 0.214. The van der Waals surface area contributed by atoms with Crippen LogP contribution >= 0.6 is 7.60 Å². The normalized spacial score (nSPS) is 11.3. The first-order chi connectivity index (χ1) is 18.9.